The average molecular weight is 396 g/mol. The topological polar surface area (TPSA) is 70.7 Å². The lowest BCUT2D eigenvalue weighted by molar-refractivity contribution is 0.102. The van der Waals surface area contributed by atoms with Crippen LogP contribution in [0, 0.1) is 0 Å². The third-order valence-corrected chi connectivity index (χ3v) is 5.04. The van der Waals surface area contributed by atoms with E-state index in [-0.39, 0.29) is 11.3 Å². The number of rotatable bonds is 4. The first kappa shape index (κ1) is 19.6. The number of hydrogen-bond acceptors (Lipinski definition) is 3. The lowest BCUT2D eigenvalue weighted by atomic mass is 9.87. The maximum absolute atomic E-state index is 12.8. The minimum atomic E-state index is -0.152. The summed E-state index contributed by atoms with van der Waals surface area (Å²) in [4.78, 5) is 16.9. The highest BCUT2D eigenvalue weighted by molar-refractivity contribution is 6.05. The summed E-state index contributed by atoms with van der Waals surface area (Å²) in [6.07, 6.45) is 5.36. The molecule has 0 unspecified atom stereocenters. The smallest absolute Gasteiger partial charge is 0.255 e. The van der Waals surface area contributed by atoms with Crippen molar-refractivity contribution in [3.63, 3.8) is 0 Å². The van der Waals surface area contributed by atoms with Crippen LogP contribution >= 0.6 is 0 Å². The van der Waals surface area contributed by atoms with E-state index in [9.17, 15) is 4.79 Å². The van der Waals surface area contributed by atoms with Crippen LogP contribution in [-0.4, -0.2) is 21.1 Å². The van der Waals surface area contributed by atoms with Gasteiger partial charge in [-0.3, -0.25) is 14.9 Å². The van der Waals surface area contributed by atoms with Crippen molar-refractivity contribution in [3.05, 3.63) is 90.4 Å². The van der Waals surface area contributed by atoms with Crippen LogP contribution in [0.2, 0.25) is 0 Å². The highest BCUT2D eigenvalue weighted by Crippen LogP contribution is 2.30. The standard InChI is InChI=1S/C25H24N4O/c1-25(2,3)20-7-9-21(10-8-20)28-24(30)19-6-4-5-18(15-19)23-22(16-27-29-23)17-11-13-26-14-12-17/h4-16H,1-3H3,(H,27,29)(H,28,30). The number of amides is 1. The average Bonchev–Trinajstić information content (AvgIpc) is 3.24. The molecule has 0 radical (unpaired) electrons. The van der Waals surface area contributed by atoms with Crippen molar-refractivity contribution in [2.24, 2.45) is 0 Å². The normalized spacial score (nSPS) is 11.3. The van der Waals surface area contributed by atoms with Crippen molar-refractivity contribution in [1.82, 2.24) is 15.2 Å². The zero-order valence-electron chi connectivity index (χ0n) is 17.3. The van der Waals surface area contributed by atoms with Gasteiger partial charge in [0.1, 0.15) is 0 Å². The van der Waals surface area contributed by atoms with Crippen molar-refractivity contribution >= 4 is 11.6 Å². The fraction of sp³-hybridized carbons (Fsp3) is 0.160. The van der Waals surface area contributed by atoms with E-state index >= 15 is 0 Å². The van der Waals surface area contributed by atoms with Gasteiger partial charge in [0.2, 0.25) is 0 Å². The largest absolute Gasteiger partial charge is 0.322 e. The third-order valence-electron chi connectivity index (χ3n) is 5.04. The molecule has 1 amide bonds. The summed E-state index contributed by atoms with van der Waals surface area (Å²) in [7, 11) is 0. The Bertz CT molecular complexity index is 1160. The van der Waals surface area contributed by atoms with E-state index in [1.165, 1.54) is 5.56 Å². The fourth-order valence-electron chi connectivity index (χ4n) is 3.33. The number of pyridine rings is 1. The second-order valence-corrected chi connectivity index (χ2v) is 8.25. The maximum Gasteiger partial charge on any atom is 0.255 e. The van der Waals surface area contributed by atoms with E-state index in [1.54, 1.807) is 18.5 Å². The van der Waals surface area contributed by atoms with Gasteiger partial charge in [0.05, 0.1) is 5.69 Å². The number of aromatic nitrogens is 3. The van der Waals surface area contributed by atoms with Crippen molar-refractivity contribution < 1.29 is 4.79 Å². The number of nitrogens with zero attached hydrogens (tertiary/aromatic N) is 2. The minimum Gasteiger partial charge on any atom is -0.322 e. The molecule has 0 aliphatic heterocycles. The molecular formula is C25H24N4O. The summed E-state index contributed by atoms with van der Waals surface area (Å²) in [5.74, 6) is -0.152. The molecule has 0 bridgehead atoms. The number of H-pyrrole nitrogens is 1. The maximum atomic E-state index is 12.8. The molecule has 30 heavy (non-hydrogen) atoms. The van der Waals surface area contributed by atoms with Crippen molar-refractivity contribution in [3.8, 4) is 22.4 Å². The highest BCUT2D eigenvalue weighted by Gasteiger charge is 2.15. The lowest BCUT2D eigenvalue weighted by Crippen LogP contribution is -2.13. The first-order valence-electron chi connectivity index (χ1n) is 9.88. The molecule has 2 heterocycles. The lowest BCUT2D eigenvalue weighted by Gasteiger charge is -2.19. The number of anilines is 1. The molecule has 4 rings (SSSR count). The Morgan fingerprint density at radius 3 is 2.37 bits per heavy atom. The summed E-state index contributed by atoms with van der Waals surface area (Å²) in [5, 5.41) is 10.3. The third kappa shape index (κ3) is 4.15. The molecule has 5 nitrogen and oxygen atoms in total. The van der Waals surface area contributed by atoms with Crippen molar-refractivity contribution in [2.45, 2.75) is 26.2 Å². The van der Waals surface area contributed by atoms with E-state index in [0.717, 1.165) is 28.1 Å². The fourth-order valence-corrected chi connectivity index (χ4v) is 3.33. The van der Waals surface area contributed by atoms with E-state index in [4.69, 9.17) is 0 Å². The van der Waals surface area contributed by atoms with Gasteiger partial charge in [0, 0.05) is 41.0 Å². The Morgan fingerprint density at radius 2 is 1.67 bits per heavy atom. The van der Waals surface area contributed by atoms with Gasteiger partial charge in [-0.1, -0.05) is 45.0 Å². The van der Waals surface area contributed by atoms with Crippen molar-refractivity contribution in [2.75, 3.05) is 5.32 Å². The van der Waals surface area contributed by atoms with Gasteiger partial charge in [0.25, 0.3) is 5.91 Å². The minimum absolute atomic E-state index is 0.0763. The van der Waals surface area contributed by atoms with Gasteiger partial charge in [-0.05, 0) is 52.9 Å². The molecule has 2 aromatic carbocycles. The SMILES string of the molecule is CC(C)(C)c1ccc(NC(=O)c2cccc(-c3n[nH]cc3-c3ccncc3)c2)cc1. The zero-order chi connectivity index (χ0) is 21.1. The van der Waals surface area contributed by atoms with Crippen LogP contribution in [-0.2, 0) is 5.41 Å². The molecule has 4 aromatic rings. The number of benzene rings is 2. The molecule has 0 aliphatic rings. The Labute approximate surface area is 176 Å². The number of nitrogens with one attached hydrogen (secondary N) is 2. The van der Waals surface area contributed by atoms with Gasteiger partial charge in [-0.2, -0.15) is 5.10 Å². The molecule has 2 aromatic heterocycles. The number of carbonyl (C=O) groups is 1. The predicted octanol–water partition coefficient (Wildman–Crippen LogP) is 5.69. The van der Waals surface area contributed by atoms with Crippen LogP contribution in [0.5, 0.6) is 0 Å². The summed E-state index contributed by atoms with van der Waals surface area (Å²) >= 11 is 0. The first-order valence-corrected chi connectivity index (χ1v) is 9.88. The van der Waals surface area contributed by atoms with Crippen molar-refractivity contribution in [1.29, 1.82) is 0 Å². The van der Waals surface area contributed by atoms with E-state index in [0.29, 0.717) is 5.56 Å². The van der Waals surface area contributed by atoms with E-state index in [1.807, 2.05) is 48.7 Å². The van der Waals surface area contributed by atoms with Crippen LogP contribution in [0.4, 0.5) is 5.69 Å². The Kier molecular flexibility index (Phi) is 5.19. The molecule has 0 saturated carbocycles. The van der Waals surface area contributed by atoms with E-state index < -0.39 is 0 Å². The second-order valence-electron chi connectivity index (χ2n) is 8.25. The summed E-state index contributed by atoms with van der Waals surface area (Å²) in [6.45, 7) is 6.50. The molecule has 0 saturated heterocycles. The molecule has 0 spiro atoms. The monoisotopic (exact) mass is 396 g/mol. The Balaban J connectivity index is 1.57. The molecule has 0 aliphatic carbocycles. The molecule has 5 heteroatoms. The van der Waals surface area contributed by atoms with Gasteiger partial charge < -0.3 is 5.32 Å². The second kappa shape index (κ2) is 7.95. The first-order chi connectivity index (χ1) is 14.4. The van der Waals surface area contributed by atoms with Crippen LogP contribution in [0.15, 0.2) is 79.3 Å². The van der Waals surface area contributed by atoms with Gasteiger partial charge in [0.15, 0.2) is 0 Å². The molecule has 0 fully saturated rings. The predicted molar refractivity (Wildman–Crippen MR) is 120 cm³/mol. The Hall–Kier alpha value is -3.73. The molecule has 0 atom stereocenters. The van der Waals surface area contributed by atoms with Gasteiger partial charge >= 0.3 is 0 Å². The number of hydrogen-bond donors (Lipinski definition) is 2. The zero-order valence-corrected chi connectivity index (χ0v) is 17.3. The van der Waals surface area contributed by atoms with Gasteiger partial charge in [-0.25, -0.2) is 0 Å². The molecule has 150 valence electrons. The Morgan fingerprint density at radius 1 is 0.933 bits per heavy atom. The summed E-state index contributed by atoms with van der Waals surface area (Å²) in [6, 6.07) is 19.4. The highest BCUT2D eigenvalue weighted by atomic mass is 16.1. The molecular weight excluding hydrogens is 372 g/mol. The number of carbonyl (C=O) groups excluding carboxylic acids is 1. The summed E-state index contributed by atoms with van der Waals surface area (Å²) < 4.78 is 0. The van der Waals surface area contributed by atoms with E-state index in [2.05, 4.69) is 53.4 Å². The van der Waals surface area contributed by atoms with Crippen LogP contribution < -0.4 is 5.32 Å². The molecule has 2 N–H and O–H groups in total. The van der Waals surface area contributed by atoms with Crippen LogP contribution in [0.1, 0.15) is 36.7 Å². The van der Waals surface area contributed by atoms with Gasteiger partial charge in [-0.15, -0.1) is 0 Å². The van der Waals surface area contributed by atoms with Crippen LogP contribution in [0.3, 0.4) is 0 Å². The number of aromatic amines is 1. The van der Waals surface area contributed by atoms with Crippen LogP contribution in [0.25, 0.3) is 22.4 Å². The summed E-state index contributed by atoms with van der Waals surface area (Å²) in [5.41, 5.74) is 6.31. The quantitative estimate of drug-likeness (QED) is 0.466.